The summed E-state index contributed by atoms with van der Waals surface area (Å²) >= 11 is 0. The molecule has 1 aromatic heterocycles. The van der Waals surface area contributed by atoms with Gasteiger partial charge in [0.1, 0.15) is 0 Å². The minimum atomic E-state index is 0.159. The highest BCUT2D eigenvalue weighted by molar-refractivity contribution is 5.14. The zero-order valence-corrected chi connectivity index (χ0v) is 9.32. The second-order valence-corrected chi connectivity index (χ2v) is 3.84. The van der Waals surface area contributed by atoms with E-state index in [4.69, 9.17) is 11.0 Å². The molecule has 0 saturated heterocycles. The maximum absolute atomic E-state index is 8.43. The maximum Gasteiger partial charge on any atom is 0.0622 e. The van der Waals surface area contributed by atoms with Crippen molar-refractivity contribution in [3.8, 4) is 6.07 Å². The van der Waals surface area contributed by atoms with Crippen molar-refractivity contribution in [1.82, 2.24) is 4.57 Å². The quantitative estimate of drug-likeness (QED) is 0.726. The average molecular weight is 205 g/mol. The molecule has 0 aliphatic heterocycles. The lowest BCUT2D eigenvalue weighted by Crippen LogP contribution is -2.08. The van der Waals surface area contributed by atoms with Gasteiger partial charge in [-0.25, -0.2) is 0 Å². The van der Waals surface area contributed by atoms with Crippen LogP contribution in [0.4, 0.5) is 0 Å². The molecular weight excluding hydrogens is 186 g/mol. The van der Waals surface area contributed by atoms with Crippen molar-refractivity contribution in [2.24, 2.45) is 5.73 Å². The fourth-order valence-electron chi connectivity index (χ4n) is 1.64. The SMILES string of the molecule is CCCC(N)c1ccn(CCCC#N)c1. The van der Waals surface area contributed by atoms with Gasteiger partial charge < -0.3 is 10.3 Å². The molecule has 0 saturated carbocycles. The Morgan fingerprint density at radius 2 is 2.40 bits per heavy atom. The molecule has 0 radical (unpaired) electrons. The normalized spacial score (nSPS) is 12.3. The van der Waals surface area contributed by atoms with Gasteiger partial charge in [0.15, 0.2) is 0 Å². The van der Waals surface area contributed by atoms with E-state index in [1.165, 1.54) is 5.56 Å². The Balaban J connectivity index is 2.45. The van der Waals surface area contributed by atoms with E-state index in [1.807, 2.05) is 6.20 Å². The van der Waals surface area contributed by atoms with Crippen LogP contribution >= 0.6 is 0 Å². The first kappa shape index (κ1) is 11.8. The van der Waals surface area contributed by atoms with Crippen molar-refractivity contribution in [3.63, 3.8) is 0 Å². The van der Waals surface area contributed by atoms with Crippen LogP contribution < -0.4 is 5.73 Å². The van der Waals surface area contributed by atoms with Gasteiger partial charge in [0, 0.05) is 31.4 Å². The van der Waals surface area contributed by atoms with Gasteiger partial charge in [-0.2, -0.15) is 5.26 Å². The fraction of sp³-hybridized carbons (Fsp3) is 0.583. The molecule has 1 unspecified atom stereocenters. The lowest BCUT2D eigenvalue weighted by Gasteiger charge is -2.07. The second kappa shape index (κ2) is 6.26. The van der Waals surface area contributed by atoms with Crippen LogP contribution in [0.25, 0.3) is 0 Å². The second-order valence-electron chi connectivity index (χ2n) is 3.84. The van der Waals surface area contributed by atoms with Gasteiger partial charge in [0.05, 0.1) is 6.07 Å². The lowest BCUT2D eigenvalue weighted by atomic mass is 10.1. The van der Waals surface area contributed by atoms with E-state index in [1.54, 1.807) is 0 Å². The summed E-state index contributed by atoms with van der Waals surface area (Å²) in [5.41, 5.74) is 7.21. The summed E-state index contributed by atoms with van der Waals surface area (Å²) in [7, 11) is 0. The van der Waals surface area contributed by atoms with Crippen molar-refractivity contribution >= 4 is 0 Å². The minimum absolute atomic E-state index is 0.159. The monoisotopic (exact) mass is 205 g/mol. The number of nitrogens with zero attached hydrogens (tertiary/aromatic N) is 2. The Labute approximate surface area is 91.5 Å². The van der Waals surface area contributed by atoms with E-state index in [0.29, 0.717) is 6.42 Å². The summed E-state index contributed by atoms with van der Waals surface area (Å²) in [6, 6.07) is 4.39. The molecule has 82 valence electrons. The first-order valence-corrected chi connectivity index (χ1v) is 5.56. The highest BCUT2D eigenvalue weighted by atomic mass is 14.9. The predicted octanol–water partition coefficient (Wildman–Crippen LogP) is 2.59. The summed E-state index contributed by atoms with van der Waals surface area (Å²) in [6.45, 7) is 3.05. The first-order valence-electron chi connectivity index (χ1n) is 5.56. The number of hydrogen-bond acceptors (Lipinski definition) is 2. The largest absolute Gasteiger partial charge is 0.354 e. The molecule has 0 fully saturated rings. The molecule has 1 heterocycles. The zero-order valence-electron chi connectivity index (χ0n) is 9.32. The highest BCUT2D eigenvalue weighted by Gasteiger charge is 2.05. The van der Waals surface area contributed by atoms with Crippen molar-refractivity contribution in [3.05, 3.63) is 24.0 Å². The van der Waals surface area contributed by atoms with Crippen molar-refractivity contribution in [2.75, 3.05) is 0 Å². The lowest BCUT2D eigenvalue weighted by molar-refractivity contribution is 0.625. The van der Waals surface area contributed by atoms with Crippen LogP contribution in [0.2, 0.25) is 0 Å². The Morgan fingerprint density at radius 1 is 1.60 bits per heavy atom. The smallest absolute Gasteiger partial charge is 0.0622 e. The molecule has 1 aromatic rings. The van der Waals surface area contributed by atoms with Crippen LogP contribution in [0, 0.1) is 11.3 Å². The molecule has 1 atom stereocenters. The van der Waals surface area contributed by atoms with E-state index in [9.17, 15) is 0 Å². The van der Waals surface area contributed by atoms with Gasteiger partial charge in [-0.3, -0.25) is 0 Å². The summed E-state index contributed by atoms with van der Waals surface area (Å²) in [5, 5.41) is 8.43. The van der Waals surface area contributed by atoms with E-state index < -0.39 is 0 Å². The minimum Gasteiger partial charge on any atom is -0.354 e. The standard InChI is InChI=1S/C12H19N3/c1-2-5-12(14)11-6-9-15(10-11)8-4-3-7-13/h6,9-10,12H,2-5,8,14H2,1H3. The summed E-state index contributed by atoms with van der Waals surface area (Å²) in [4.78, 5) is 0. The number of nitriles is 1. The van der Waals surface area contributed by atoms with Gasteiger partial charge in [-0.05, 0) is 24.5 Å². The van der Waals surface area contributed by atoms with Crippen LogP contribution in [-0.2, 0) is 6.54 Å². The van der Waals surface area contributed by atoms with Gasteiger partial charge in [0.25, 0.3) is 0 Å². The molecule has 15 heavy (non-hydrogen) atoms. The molecule has 3 heteroatoms. The third-order valence-corrected chi connectivity index (χ3v) is 2.51. The average Bonchev–Trinajstić information content (AvgIpc) is 2.67. The molecule has 0 bridgehead atoms. The molecule has 2 N–H and O–H groups in total. The van der Waals surface area contributed by atoms with Crippen LogP contribution in [0.5, 0.6) is 0 Å². The number of nitrogens with two attached hydrogens (primary N) is 1. The molecule has 0 aliphatic carbocycles. The topological polar surface area (TPSA) is 54.7 Å². The molecular formula is C12H19N3. The van der Waals surface area contributed by atoms with Crippen LogP contribution in [0.15, 0.2) is 18.5 Å². The Hall–Kier alpha value is -1.27. The number of unbranched alkanes of at least 4 members (excludes halogenated alkanes) is 1. The van der Waals surface area contributed by atoms with Crippen molar-refractivity contribution in [2.45, 2.75) is 45.2 Å². The number of rotatable bonds is 6. The molecule has 3 nitrogen and oxygen atoms in total. The molecule has 0 aliphatic rings. The van der Waals surface area contributed by atoms with Crippen LogP contribution in [0.3, 0.4) is 0 Å². The van der Waals surface area contributed by atoms with Crippen molar-refractivity contribution < 1.29 is 0 Å². The predicted molar refractivity (Wildman–Crippen MR) is 61.1 cm³/mol. The van der Waals surface area contributed by atoms with E-state index in [2.05, 4.69) is 29.8 Å². The van der Waals surface area contributed by atoms with Crippen LogP contribution in [0.1, 0.15) is 44.2 Å². The summed E-state index contributed by atoms with van der Waals surface area (Å²) < 4.78 is 2.11. The molecule has 0 amide bonds. The Morgan fingerprint density at radius 3 is 3.07 bits per heavy atom. The summed E-state index contributed by atoms with van der Waals surface area (Å²) in [5.74, 6) is 0. The number of hydrogen-bond donors (Lipinski definition) is 1. The third kappa shape index (κ3) is 3.77. The molecule has 0 aromatic carbocycles. The third-order valence-electron chi connectivity index (χ3n) is 2.51. The first-order chi connectivity index (χ1) is 7.27. The van der Waals surface area contributed by atoms with Crippen molar-refractivity contribution in [1.29, 1.82) is 5.26 Å². The number of aromatic nitrogens is 1. The van der Waals surface area contributed by atoms with Gasteiger partial charge in [-0.1, -0.05) is 13.3 Å². The van der Waals surface area contributed by atoms with E-state index in [0.717, 1.165) is 25.8 Å². The van der Waals surface area contributed by atoms with Gasteiger partial charge >= 0.3 is 0 Å². The maximum atomic E-state index is 8.43. The van der Waals surface area contributed by atoms with Gasteiger partial charge in [-0.15, -0.1) is 0 Å². The van der Waals surface area contributed by atoms with Crippen LogP contribution in [-0.4, -0.2) is 4.57 Å². The van der Waals surface area contributed by atoms with E-state index >= 15 is 0 Å². The fourth-order valence-corrected chi connectivity index (χ4v) is 1.64. The Kier molecular flexibility index (Phi) is 4.92. The number of aryl methyl sites for hydroxylation is 1. The molecule has 1 rings (SSSR count). The highest BCUT2D eigenvalue weighted by Crippen LogP contribution is 2.16. The zero-order chi connectivity index (χ0) is 11.1. The van der Waals surface area contributed by atoms with E-state index in [-0.39, 0.29) is 6.04 Å². The Bertz CT molecular complexity index is 322. The summed E-state index contributed by atoms with van der Waals surface area (Å²) in [6.07, 6.45) is 7.81. The molecule has 0 spiro atoms. The van der Waals surface area contributed by atoms with Gasteiger partial charge in [0.2, 0.25) is 0 Å².